The second kappa shape index (κ2) is 6.62. The van der Waals surface area contributed by atoms with E-state index in [2.05, 4.69) is 15.4 Å². The van der Waals surface area contributed by atoms with Crippen LogP contribution in [0.3, 0.4) is 0 Å². The van der Waals surface area contributed by atoms with Crippen molar-refractivity contribution in [1.82, 2.24) is 14.8 Å². The van der Waals surface area contributed by atoms with Crippen LogP contribution in [0.2, 0.25) is 0 Å². The van der Waals surface area contributed by atoms with Gasteiger partial charge in [-0.2, -0.15) is 10.1 Å². The maximum absolute atomic E-state index is 14.0. The van der Waals surface area contributed by atoms with E-state index in [0.717, 1.165) is 17.3 Å². The van der Waals surface area contributed by atoms with Crippen molar-refractivity contribution in [3.8, 4) is 0 Å². The van der Waals surface area contributed by atoms with Crippen molar-refractivity contribution < 1.29 is 13.6 Å². The number of ketones is 1. The van der Waals surface area contributed by atoms with Crippen LogP contribution in [0.25, 0.3) is 0 Å². The molecule has 0 spiro atoms. The zero-order chi connectivity index (χ0) is 20.1. The fourth-order valence-corrected chi connectivity index (χ4v) is 4.32. The maximum Gasteiger partial charge on any atom is 0.226 e. The van der Waals surface area contributed by atoms with Gasteiger partial charge in [0.25, 0.3) is 0 Å². The Morgan fingerprint density at radius 2 is 1.76 bits per heavy atom. The third-order valence-electron chi connectivity index (χ3n) is 5.50. The van der Waals surface area contributed by atoms with Gasteiger partial charge in [0, 0.05) is 23.8 Å². The molecular weight excluding hydrogens is 374 g/mol. The zero-order valence-electron chi connectivity index (χ0n) is 15.7. The molecule has 0 fully saturated rings. The molecular formula is C22H18F2N4O. The van der Waals surface area contributed by atoms with Gasteiger partial charge in [0.1, 0.15) is 23.5 Å². The van der Waals surface area contributed by atoms with E-state index >= 15 is 0 Å². The van der Waals surface area contributed by atoms with Crippen LogP contribution < -0.4 is 5.32 Å². The number of nitrogens with zero attached hydrogens (tertiary/aromatic N) is 3. The van der Waals surface area contributed by atoms with Crippen LogP contribution in [0.1, 0.15) is 41.8 Å². The summed E-state index contributed by atoms with van der Waals surface area (Å²) in [5.41, 5.74) is 2.67. The summed E-state index contributed by atoms with van der Waals surface area (Å²) in [6.45, 7) is 1.74. The first-order valence-electron chi connectivity index (χ1n) is 9.47. The number of halogens is 2. The van der Waals surface area contributed by atoms with Crippen molar-refractivity contribution in [3.63, 3.8) is 0 Å². The average molecular weight is 392 g/mol. The quantitative estimate of drug-likeness (QED) is 0.707. The van der Waals surface area contributed by atoms with Gasteiger partial charge >= 0.3 is 0 Å². The second-order valence-electron chi connectivity index (χ2n) is 7.49. The molecule has 2 aromatic carbocycles. The number of carbonyl (C=O) groups excluding carboxylic acids is 1. The molecule has 2 atom stereocenters. The van der Waals surface area contributed by atoms with Crippen molar-refractivity contribution in [2.45, 2.75) is 31.7 Å². The normalized spacial score (nSPS) is 20.9. The summed E-state index contributed by atoms with van der Waals surface area (Å²) >= 11 is 0. The van der Waals surface area contributed by atoms with E-state index in [9.17, 15) is 13.6 Å². The van der Waals surface area contributed by atoms with E-state index in [1.165, 1.54) is 12.1 Å². The molecule has 1 aromatic heterocycles. The lowest BCUT2D eigenvalue weighted by Crippen LogP contribution is -2.33. The van der Waals surface area contributed by atoms with Gasteiger partial charge in [0.15, 0.2) is 5.78 Å². The molecule has 3 aromatic rings. The Kier molecular flexibility index (Phi) is 4.04. The van der Waals surface area contributed by atoms with E-state index < -0.39 is 17.7 Å². The summed E-state index contributed by atoms with van der Waals surface area (Å²) < 4.78 is 29.5. The van der Waals surface area contributed by atoms with Gasteiger partial charge in [0.2, 0.25) is 5.95 Å². The summed E-state index contributed by atoms with van der Waals surface area (Å²) in [6, 6.07) is 12.5. The minimum atomic E-state index is -0.711. The number of anilines is 1. The number of fused-ring (bicyclic) bond motifs is 1. The van der Waals surface area contributed by atoms with Crippen molar-refractivity contribution in [2.75, 3.05) is 5.32 Å². The van der Waals surface area contributed by atoms with E-state index in [1.807, 2.05) is 30.3 Å². The molecule has 0 amide bonds. The molecule has 0 saturated carbocycles. The number of hydrogen-bond donors (Lipinski definition) is 1. The first kappa shape index (κ1) is 17.7. The SMILES string of the molecule is Cc1nc2n(n1)[C@@H](c1cc(F)cc(F)c1)C1=C(C[C@@H](c3ccccc3)CC1=O)N2. The van der Waals surface area contributed by atoms with Crippen molar-refractivity contribution in [3.05, 3.63) is 88.4 Å². The summed E-state index contributed by atoms with van der Waals surface area (Å²) in [6.07, 6.45) is 0.952. The minimum absolute atomic E-state index is 0.0374. The van der Waals surface area contributed by atoms with Crippen LogP contribution in [0.15, 0.2) is 59.8 Å². The predicted molar refractivity (Wildman–Crippen MR) is 103 cm³/mol. The number of rotatable bonds is 2. The molecule has 146 valence electrons. The lowest BCUT2D eigenvalue weighted by atomic mass is 9.78. The van der Waals surface area contributed by atoms with Crippen LogP contribution in [0.5, 0.6) is 0 Å². The molecule has 5 rings (SSSR count). The van der Waals surface area contributed by atoms with Gasteiger partial charge in [-0.3, -0.25) is 4.79 Å². The highest BCUT2D eigenvalue weighted by molar-refractivity contribution is 6.00. The predicted octanol–water partition coefficient (Wildman–Crippen LogP) is 4.28. The first-order chi connectivity index (χ1) is 14.0. The summed E-state index contributed by atoms with van der Waals surface area (Å²) in [5, 5.41) is 7.62. The second-order valence-corrected chi connectivity index (χ2v) is 7.49. The Balaban J connectivity index is 1.65. The number of carbonyl (C=O) groups is 1. The maximum atomic E-state index is 14.0. The van der Waals surface area contributed by atoms with E-state index in [4.69, 9.17) is 0 Å². The third kappa shape index (κ3) is 3.03. The number of nitrogens with one attached hydrogen (secondary N) is 1. The Labute approximate surface area is 166 Å². The fourth-order valence-electron chi connectivity index (χ4n) is 4.32. The van der Waals surface area contributed by atoms with Crippen molar-refractivity contribution >= 4 is 11.7 Å². The van der Waals surface area contributed by atoms with Gasteiger partial charge in [-0.25, -0.2) is 13.5 Å². The Morgan fingerprint density at radius 1 is 1.03 bits per heavy atom. The molecule has 29 heavy (non-hydrogen) atoms. The first-order valence-corrected chi connectivity index (χ1v) is 9.47. The van der Waals surface area contributed by atoms with Gasteiger partial charge in [-0.1, -0.05) is 30.3 Å². The average Bonchev–Trinajstić information content (AvgIpc) is 3.05. The summed E-state index contributed by atoms with van der Waals surface area (Å²) in [4.78, 5) is 17.6. The number of hydrogen-bond acceptors (Lipinski definition) is 4. The molecule has 0 radical (unpaired) electrons. The minimum Gasteiger partial charge on any atom is -0.328 e. The number of benzene rings is 2. The topological polar surface area (TPSA) is 59.8 Å². The lowest BCUT2D eigenvalue weighted by molar-refractivity contribution is -0.116. The molecule has 1 N–H and O–H groups in total. The Hall–Kier alpha value is -3.35. The Bertz CT molecular complexity index is 1130. The highest BCUT2D eigenvalue weighted by Crippen LogP contribution is 2.44. The molecule has 7 heteroatoms. The number of allylic oxidation sites excluding steroid dienone is 2. The molecule has 5 nitrogen and oxygen atoms in total. The molecule has 0 saturated heterocycles. The van der Waals surface area contributed by atoms with Crippen LogP contribution in [-0.2, 0) is 4.79 Å². The monoisotopic (exact) mass is 392 g/mol. The highest BCUT2D eigenvalue weighted by atomic mass is 19.1. The molecule has 1 aliphatic heterocycles. The molecule has 0 bridgehead atoms. The lowest BCUT2D eigenvalue weighted by Gasteiger charge is -2.35. The van der Waals surface area contributed by atoms with Crippen LogP contribution in [0.4, 0.5) is 14.7 Å². The fraction of sp³-hybridized carbons (Fsp3) is 0.227. The Morgan fingerprint density at radius 3 is 2.48 bits per heavy atom. The van der Waals surface area contributed by atoms with E-state index in [-0.39, 0.29) is 11.7 Å². The van der Waals surface area contributed by atoms with E-state index in [0.29, 0.717) is 35.8 Å². The standard InChI is InChI=1S/C22H18F2N4O/c1-12-25-22-26-18-9-14(13-5-3-2-4-6-13)10-19(29)20(18)21(28(22)27-12)15-7-16(23)11-17(24)8-15/h2-8,11,14,21H,9-10H2,1H3,(H,25,26,27)/t14-,21+/m1/s1. The summed E-state index contributed by atoms with van der Waals surface area (Å²) in [7, 11) is 0. The largest absolute Gasteiger partial charge is 0.328 e. The molecule has 2 aliphatic rings. The highest BCUT2D eigenvalue weighted by Gasteiger charge is 2.39. The number of aryl methyl sites for hydroxylation is 1. The zero-order valence-corrected chi connectivity index (χ0v) is 15.7. The van der Waals surface area contributed by atoms with Gasteiger partial charge < -0.3 is 5.32 Å². The number of Topliss-reactive ketones (excluding diaryl/α,β-unsaturated/α-hetero) is 1. The van der Waals surface area contributed by atoms with Crippen LogP contribution in [-0.4, -0.2) is 20.5 Å². The third-order valence-corrected chi connectivity index (χ3v) is 5.50. The summed E-state index contributed by atoms with van der Waals surface area (Å²) in [5.74, 6) is -0.413. The van der Waals surface area contributed by atoms with Crippen molar-refractivity contribution in [2.24, 2.45) is 0 Å². The van der Waals surface area contributed by atoms with Gasteiger partial charge in [0.05, 0.1) is 0 Å². The van der Waals surface area contributed by atoms with Crippen molar-refractivity contribution in [1.29, 1.82) is 0 Å². The van der Waals surface area contributed by atoms with E-state index in [1.54, 1.807) is 11.6 Å². The number of aromatic nitrogens is 3. The van der Waals surface area contributed by atoms with Gasteiger partial charge in [-0.15, -0.1) is 0 Å². The van der Waals surface area contributed by atoms with Crippen LogP contribution in [0, 0.1) is 18.6 Å². The molecule has 1 aliphatic carbocycles. The smallest absolute Gasteiger partial charge is 0.226 e. The molecule has 2 heterocycles. The molecule has 0 unspecified atom stereocenters. The van der Waals surface area contributed by atoms with Crippen LogP contribution >= 0.6 is 0 Å². The van der Waals surface area contributed by atoms with Gasteiger partial charge in [-0.05, 0) is 42.5 Å².